The van der Waals surface area contributed by atoms with Crippen LogP contribution in [0.3, 0.4) is 0 Å². The van der Waals surface area contributed by atoms with Gasteiger partial charge in [-0.15, -0.1) is 0 Å². The number of aromatic nitrogens is 2. The number of amides is 1. The van der Waals surface area contributed by atoms with E-state index in [1.807, 2.05) is 43.3 Å². The number of aryl methyl sites for hydroxylation is 1. The third-order valence-electron chi connectivity index (χ3n) is 5.28. The van der Waals surface area contributed by atoms with E-state index < -0.39 is 24.0 Å². The third-order valence-corrected chi connectivity index (χ3v) is 5.28. The zero-order chi connectivity index (χ0) is 22.7. The summed E-state index contributed by atoms with van der Waals surface area (Å²) in [6, 6.07) is 14.9. The van der Waals surface area contributed by atoms with E-state index in [1.54, 1.807) is 12.1 Å². The van der Waals surface area contributed by atoms with Gasteiger partial charge < -0.3 is 14.5 Å². The number of hydrogen-bond acceptors (Lipinski definition) is 6. The number of benzene rings is 2. The van der Waals surface area contributed by atoms with E-state index in [0.29, 0.717) is 11.1 Å². The Morgan fingerprint density at radius 1 is 1.16 bits per heavy atom. The van der Waals surface area contributed by atoms with E-state index in [0.717, 1.165) is 21.9 Å². The minimum absolute atomic E-state index is 0.0714. The average molecular weight is 433 g/mol. The molecule has 0 aliphatic heterocycles. The van der Waals surface area contributed by atoms with Crippen LogP contribution in [0.15, 0.2) is 64.1 Å². The van der Waals surface area contributed by atoms with Crippen molar-refractivity contribution in [2.24, 2.45) is 0 Å². The van der Waals surface area contributed by atoms with Gasteiger partial charge in [0.25, 0.3) is 11.5 Å². The van der Waals surface area contributed by atoms with Crippen molar-refractivity contribution >= 4 is 33.9 Å². The quantitative estimate of drug-likeness (QED) is 0.449. The highest BCUT2D eigenvalue weighted by Crippen LogP contribution is 2.24. The number of fused-ring (bicyclic) bond motifs is 3. The van der Waals surface area contributed by atoms with Crippen LogP contribution in [0.5, 0.6) is 0 Å². The highest BCUT2D eigenvalue weighted by atomic mass is 16.5. The van der Waals surface area contributed by atoms with E-state index in [2.05, 4.69) is 17.2 Å². The second kappa shape index (κ2) is 9.05. The lowest BCUT2D eigenvalue weighted by Gasteiger charge is -2.15. The zero-order valence-corrected chi connectivity index (χ0v) is 17.8. The first-order valence-electron chi connectivity index (χ1n) is 10.4. The van der Waals surface area contributed by atoms with Gasteiger partial charge in [-0.1, -0.05) is 43.3 Å². The highest BCUT2D eigenvalue weighted by Gasteiger charge is 2.16. The number of hydrogen-bond donors (Lipinski definition) is 1. The van der Waals surface area contributed by atoms with Crippen molar-refractivity contribution in [3.05, 3.63) is 76.3 Å². The number of nitrogens with one attached hydrogen (secondary N) is 1. The van der Waals surface area contributed by atoms with Crippen LogP contribution in [-0.2, 0) is 27.3 Å². The van der Waals surface area contributed by atoms with Crippen molar-refractivity contribution < 1.29 is 18.7 Å². The number of carbonyl (C=O) groups excluding carboxylic acids is 2. The topological polar surface area (TPSA) is 103 Å². The van der Waals surface area contributed by atoms with Crippen molar-refractivity contribution in [1.82, 2.24) is 14.9 Å². The molecule has 0 aliphatic rings. The van der Waals surface area contributed by atoms with E-state index >= 15 is 0 Å². The normalized spacial score (nSPS) is 12.1. The minimum atomic E-state index is -0.723. The maximum absolute atomic E-state index is 12.7. The molecular formula is C24H23N3O5. The summed E-state index contributed by atoms with van der Waals surface area (Å²) in [4.78, 5) is 41.3. The molecule has 0 radical (unpaired) electrons. The van der Waals surface area contributed by atoms with Gasteiger partial charge in [0, 0.05) is 5.39 Å². The molecule has 4 aromatic rings. The van der Waals surface area contributed by atoms with Gasteiger partial charge in [0.05, 0.1) is 12.4 Å². The summed E-state index contributed by atoms with van der Waals surface area (Å²) in [6.45, 7) is 3.12. The van der Waals surface area contributed by atoms with Crippen LogP contribution in [0.2, 0.25) is 0 Å². The number of furan rings is 1. The number of esters is 1. The lowest BCUT2D eigenvalue weighted by Crippen LogP contribution is -2.32. The smallest absolute Gasteiger partial charge is 0.326 e. The molecule has 4 rings (SSSR count). The molecule has 164 valence electrons. The van der Waals surface area contributed by atoms with Crippen molar-refractivity contribution in [3.8, 4) is 0 Å². The summed E-state index contributed by atoms with van der Waals surface area (Å²) in [5, 5.41) is 3.52. The molecule has 0 saturated heterocycles. The Morgan fingerprint density at radius 3 is 2.66 bits per heavy atom. The van der Waals surface area contributed by atoms with Crippen LogP contribution >= 0.6 is 0 Å². The van der Waals surface area contributed by atoms with Crippen molar-refractivity contribution in [2.75, 3.05) is 6.61 Å². The van der Waals surface area contributed by atoms with E-state index in [1.165, 1.54) is 11.9 Å². The van der Waals surface area contributed by atoms with Gasteiger partial charge in [0.15, 0.2) is 6.61 Å². The fraction of sp³-hybridized carbons (Fsp3) is 0.250. The van der Waals surface area contributed by atoms with Crippen LogP contribution < -0.4 is 10.9 Å². The van der Waals surface area contributed by atoms with Crippen LogP contribution in [0.4, 0.5) is 0 Å². The first-order chi connectivity index (χ1) is 15.5. The average Bonchev–Trinajstić information content (AvgIpc) is 3.19. The Hall–Kier alpha value is -3.94. The second-order valence-electron chi connectivity index (χ2n) is 7.50. The molecule has 1 N–H and O–H groups in total. The van der Waals surface area contributed by atoms with Crippen LogP contribution in [0.1, 0.15) is 31.0 Å². The fourth-order valence-corrected chi connectivity index (χ4v) is 3.47. The third kappa shape index (κ3) is 4.39. The first-order valence-corrected chi connectivity index (χ1v) is 10.4. The standard InChI is InChI=1S/C24H23N3O5/c1-3-16-8-10-17(11-9-16)15(2)26-20(28)13-31-21(29)12-27-14-25-22-18-6-4-5-7-19(18)32-23(22)24(27)30/h4-11,14-15H,3,12-13H2,1-2H3,(H,26,28). The predicted octanol–water partition coefficient (Wildman–Crippen LogP) is 3.13. The number of carbonyl (C=O) groups is 2. The molecule has 0 saturated carbocycles. The number of ether oxygens (including phenoxy) is 1. The highest BCUT2D eigenvalue weighted by molar-refractivity contribution is 6.01. The molecule has 8 heteroatoms. The molecule has 32 heavy (non-hydrogen) atoms. The van der Waals surface area contributed by atoms with E-state index in [-0.39, 0.29) is 18.2 Å². The summed E-state index contributed by atoms with van der Waals surface area (Å²) in [7, 11) is 0. The Labute approximate surface area is 183 Å². The Bertz CT molecular complexity index is 1340. The summed E-state index contributed by atoms with van der Waals surface area (Å²) in [5.41, 5.74) is 2.74. The van der Waals surface area contributed by atoms with Gasteiger partial charge >= 0.3 is 5.97 Å². The molecule has 2 aromatic heterocycles. The molecule has 8 nitrogen and oxygen atoms in total. The largest absolute Gasteiger partial charge is 0.454 e. The first kappa shape index (κ1) is 21.3. The summed E-state index contributed by atoms with van der Waals surface area (Å²) >= 11 is 0. The van der Waals surface area contributed by atoms with Crippen molar-refractivity contribution in [3.63, 3.8) is 0 Å². The maximum atomic E-state index is 12.7. The predicted molar refractivity (Wildman–Crippen MR) is 119 cm³/mol. The SMILES string of the molecule is CCc1ccc(C(C)NC(=O)COC(=O)Cn2cnc3c(oc4ccccc43)c2=O)cc1. The van der Waals surface area contributed by atoms with Gasteiger partial charge in [0.2, 0.25) is 5.58 Å². The Kier molecular flexibility index (Phi) is 6.02. The van der Waals surface area contributed by atoms with Crippen LogP contribution in [0.25, 0.3) is 22.1 Å². The lowest BCUT2D eigenvalue weighted by molar-refractivity contribution is -0.149. The van der Waals surface area contributed by atoms with Gasteiger partial charge in [-0.25, -0.2) is 4.98 Å². The number of rotatable bonds is 7. The van der Waals surface area contributed by atoms with Crippen LogP contribution in [-0.4, -0.2) is 28.0 Å². The molecular weight excluding hydrogens is 410 g/mol. The number of para-hydroxylation sites is 1. The van der Waals surface area contributed by atoms with Gasteiger partial charge in [-0.05, 0) is 36.6 Å². The summed E-state index contributed by atoms with van der Waals surface area (Å²) < 4.78 is 11.7. The van der Waals surface area contributed by atoms with Gasteiger partial charge in [0.1, 0.15) is 17.6 Å². The summed E-state index contributed by atoms with van der Waals surface area (Å²) in [6.07, 6.45) is 2.22. The summed E-state index contributed by atoms with van der Waals surface area (Å²) in [5.74, 6) is -1.15. The maximum Gasteiger partial charge on any atom is 0.326 e. The minimum Gasteiger partial charge on any atom is -0.454 e. The fourth-order valence-electron chi connectivity index (χ4n) is 3.47. The Balaban J connectivity index is 1.35. The molecule has 0 aliphatic carbocycles. The zero-order valence-electron chi connectivity index (χ0n) is 17.8. The van der Waals surface area contributed by atoms with Crippen LogP contribution in [0, 0.1) is 0 Å². The molecule has 0 bridgehead atoms. The van der Waals surface area contributed by atoms with Gasteiger partial charge in [-0.3, -0.25) is 19.0 Å². The lowest BCUT2D eigenvalue weighted by atomic mass is 10.1. The monoisotopic (exact) mass is 433 g/mol. The van der Waals surface area contributed by atoms with E-state index in [4.69, 9.17) is 9.15 Å². The molecule has 1 amide bonds. The van der Waals surface area contributed by atoms with Crippen molar-refractivity contribution in [2.45, 2.75) is 32.9 Å². The second-order valence-corrected chi connectivity index (χ2v) is 7.50. The van der Waals surface area contributed by atoms with E-state index in [9.17, 15) is 14.4 Å². The molecule has 1 atom stereocenters. The van der Waals surface area contributed by atoms with Gasteiger partial charge in [-0.2, -0.15) is 0 Å². The van der Waals surface area contributed by atoms with Crippen molar-refractivity contribution in [1.29, 1.82) is 0 Å². The molecule has 2 heterocycles. The molecule has 2 aromatic carbocycles. The molecule has 0 spiro atoms. The molecule has 1 unspecified atom stereocenters. The number of nitrogens with zero attached hydrogens (tertiary/aromatic N) is 2. The Morgan fingerprint density at radius 2 is 1.91 bits per heavy atom. The molecule has 0 fully saturated rings.